The summed E-state index contributed by atoms with van der Waals surface area (Å²) >= 11 is 0. The number of nitrogens with zero attached hydrogens (tertiary/aromatic N) is 1. The number of unbranched alkanes of at least 4 members (excludes halogenated alkanes) is 1. The predicted octanol–water partition coefficient (Wildman–Crippen LogP) is 2.99. The lowest BCUT2D eigenvalue weighted by atomic mass is 10.1. The molecule has 0 heterocycles. The molecule has 0 unspecified atom stereocenters. The van der Waals surface area contributed by atoms with Gasteiger partial charge in [0.15, 0.2) is 5.96 Å². The molecule has 1 aliphatic carbocycles. The van der Waals surface area contributed by atoms with E-state index >= 15 is 0 Å². The minimum Gasteiger partial charge on any atom is -0.357 e. The van der Waals surface area contributed by atoms with Crippen molar-refractivity contribution in [3.63, 3.8) is 0 Å². The van der Waals surface area contributed by atoms with Crippen LogP contribution < -0.4 is 16.0 Å². The van der Waals surface area contributed by atoms with Gasteiger partial charge in [0.25, 0.3) is 5.91 Å². The highest BCUT2D eigenvalue weighted by Crippen LogP contribution is 2.09. The molecule has 5 nitrogen and oxygen atoms in total. The second-order valence-corrected chi connectivity index (χ2v) is 6.29. The number of amides is 1. The van der Waals surface area contributed by atoms with Gasteiger partial charge in [-0.05, 0) is 43.9 Å². The van der Waals surface area contributed by atoms with Crippen molar-refractivity contribution >= 4 is 11.9 Å². The van der Waals surface area contributed by atoms with Gasteiger partial charge in [-0.1, -0.05) is 37.6 Å². The van der Waals surface area contributed by atoms with Crippen LogP contribution in [0.2, 0.25) is 0 Å². The Balaban J connectivity index is 1.88. The highest BCUT2D eigenvalue weighted by atomic mass is 16.1. The Hall–Kier alpha value is -2.30. The smallest absolute Gasteiger partial charge is 0.251 e. The van der Waals surface area contributed by atoms with Crippen LogP contribution in [0.4, 0.5) is 0 Å². The molecule has 1 aromatic carbocycles. The van der Waals surface area contributed by atoms with E-state index in [1.165, 1.54) is 0 Å². The largest absolute Gasteiger partial charge is 0.357 e. The number of rotatable bonds is 8. The van der Waals surface area contributed by atoms with Gasteiger partial charge in [-0.25, -0.2) is 4.99 Å². The summed E-state index contributed by atoms with van der Waals surface area (Å²) in [7, 11) is 0. The van der Waals surface area contributed by atoms with Crippen LogP contribution >= 0.6 is 0 Å². The number of hydrogen-bond donors (Lipinski definition) is 3. The maximum Gasteiger partial charge on any atom is 0.251 e. The molecule has 0 saturated heterocycles. The molecular weight excluding hydrogens is 312 g/mol. The molecule has 0 radical (unpaired) electrons. The van der Waals surface area contributed by atoms with Crippen LogP contribution in [0, 0.1) is 0 Å². The lowest BCUT2D eigenvalue weighted by molar-refractivity contribution is 0.0953. The topological polar surface area (TPSA) is 65.5 Å². The van der Waals surface area contributed by atoms with Crippen molar-refractivity contribution in [3.8, 4) is 0 Å². The monoisotopic (exact) mass is 342 g/mol. The third-order valence-electron chi connectivity index (χ3n) is 4.14. The van der Waals surface area contributed by atoms with E-state index in [2.05, 4.69) is 46.9 Å². The fourth-order valence-electron chi connectivity index (χ4n) is 2.66. The zero-order valence-electron chi connectivity index (χ0n) is 15.3. The fraction of sp³-hybridized carbons (Fsp3) is 0.500. The summed E-state index contributed by atoms with van der Waals surface area (Å²) in [5, 5.41) is 9.68. The second-order valence-electron chi connectivity index (χ2n) is 6.29. The van der Waals surface area contributed by atoms with Gasteiger partial charge in [0, 0.05) is 24.7 Å². The number of carbonyl (C=O) groups is 1. The molecule has 0 fully saturated rings. The molecule has 5 heteroatoms. The Bertz CT molecular complexity index is 584. The molecule has 1 amide bonds. The van der Waals surface area contributed by atoms with Crippen molar-refractivity contribution < 1.29 is 4.79 Å². The van der Waals surface area contributed by atoms with Gasteiger partial charge >= 0.3 is 0 Å². The first-order valence-electron chi connectivity index (χ1n) is 9.30. The Morgan fingerprint density at radius 2 is 1.84 bits per heavy atom. The number of guanidine groups is 1. The van der Waals surface area contributed by atoms with Crippen LogP contribution in [-0.4, -0.2) is 31.0 Å². The minimum atomic E-state index is -0.00719. The normalized spacial score (nSPS) is 14.6. The Labute approximate surface area is 151 Å². The van der Waals surface area contributed by atoms with E-state index in [9.17, 15) is 4.79 Å². The summed E-state index contributed by atoms with van der Waals surface area (Å²) in [6.45, 7) is 6.34. The van der Waals surface area contributed by atoms with Crippen LogP contribution in [0.25, 0.3) is 0 Å². The average molecular weight is 342 g/mol. The molecule has 1 aromatic rings. The van der Waals surface area contributed by atoms with Gasteiger partial charge in [-0.2, -0.15) is 0 Å². The van der Waals surface area contributed by atoms with Gasteiger partial charge in [0.2, 0.25) is 0 Å². The minimum absolute atomic E-state index is 0.00719. The molecule has 25 heavy (non-hydrogen) atoms. The molecule has 2 rings (SSSR count). The number of benzene rings is 1. The first-order valence-corrected chi connectivity index (χ1v) is 9.30. The Morgan fingerprint density at radius 3 is 2.48 bits per heavy atom. The molecule has 0 aliphatic heterocycles. The molecule has 0 atom stereocenters. The van der Waals surface area contributed by atoms with E-state index in [0.717, 1.165) is 50.3 Å². The summed E-state index contributed by atoms with van der Waals surface area (Å²) in [6.07, 6.45) is 8.58. The maximum atomic E-state index is 12.0. The van der Waals surface area contributed by atoms with E-state index in [1.807, 2.05) is 24.3 Å². The molecule has 3 N–H and O–H groups in total. The molecule has 0 aromatic heterocycles. The molecular formula is C20H30N4O. The van der Waals surface area contributed by atoms with E-state index in [1.54, 1.807) is 0 Å². The highest BCUT2D eigenvalue weighted by molar-refractivity contribution is 5.94. The number of hydrogen-bond acceptors (Lipinski definition) is 2. The number of nitrogens with one attached hydrogen (secondary N) is 3. The summed E-state index contributed by atoms with van der Waals surface area (Å²) in [6, 6.07) is 8.12. The van der Waals surface area contributed by atoms with Crippen molar-refractivity contribution in [1.82, 2.24) is 16.0 Å². The zero-order valence-corrected chi connectivity index (χ0v) is 15.3. The van der Waals surface area contributed by atoms with Crippen LogP contribution in [0.1, 0.15) is 55.5 Å². The van der Waals surface area contributed by atoms with Gasteiger partial charge in [0.1, 0.15) is 0 Å². The number of aliphatic imine (C=N–C) groups is 1. The molecule has 136 valence electrons. The quantitative estimate of drug-likeness (QED) is 0.294. The number of carbonyl (C=O) groups excluding carboxylic acids is 1. The van der Waals surface area contributed by atoms with Crippen LogP contribution in [0.5, 0.6) is 0 Å². The first kappa shape index (κ1) is 19.0. The van der Waals surface area contributed by atoms with E-state index in [0.29, 0.717) is 18.2 Å². The first-order chi connectivity index (χ1) is 12.2. The maximum absolute atomic E-state index is 12.0. The summed E-state index contributed by atoms with van der Waals surface area (Å²) < 4.78 is 0. The predicted molar refractivity (Wildman–Crippen MR) is 104 cm³/mol. The van der Waals surface area contributed by atoms with Gasteiger partial charge in [-0.15, -0.1) is 0 Å². The average Bonchev–Trinajstić information content (AvgIpc) is 3.13. The fourth-order valence-corrected chi connectivity index (χ4v) is 2.66. The zero-order chi connectivity index (χ0) is 17.9. The van der Waals surface area contributed by atoms with Crippen molar-refractivity contribution in [1.29, 1.82) is 0 Å². The molecule has 1 aliphatic rings. The van der Waals surface area contributed by atoms with Crippen molar-refractivity contribution in [3.05, 3.63) is 47.5 Å². The van der Waals surface area contributed by atoms with Gasteiger partial charge < -0.3 is 16.0 Å². The summed E-state index contributed by atoms with van der Waals surface area (Å²) in [4.78, 5) is 16.7. The third-order valence-corrected chi connectivity index (χ3v) is 4.14. The van der Waals surface area contributed by atoms with Crippen LogP contribution in [0.3, 0.4) is 0 Å². The van der Waals surface area contributed by atoms with Crippen LogP contribution in [-0.2, 0) is 6.54 Å². The van der Waals surface area contributed by atoms with Crippen molar-refractivity contribution in [2.24, 2.45) is 4.99 Å². The molecule has 0 bridgehead atoms. The third kappa shape index (κ3) is 6.61. The van der Waals surface area contributed by atoms with E-state index < -0.39 is 0 Å². The summed E-state index contributed by atoms with van der Waals surface area (Å²) in [5.41, 5.74) is 1.79. The molecule has 0 spiro atoms. The second kappa shape index (κ2) is 10.5. The summed E-state index contributed by atoms with van der Waals surface area (Å²) in [5.74, 6) is 0.838. The SMILES string of the molecule is CCCCNC(=O)c1ccc(CN=C(NCC)NC2CC=CC2)cc1. The molecule has 0 saturated carbocycles. The Morgan fingerprint density at radius 1 is 1.12 bits per heavy atom. The van der Waals surface area contributed by atoms with E-state index in [4.69, 9.17) is 0 Å². The van der Waals surface area contributed by atoms with E-state index in [-0.39, 0.29) is 5.91 Å². The van der Waals surface area contributed by atoms with Crippen molar-refractivity contribution in [2.75, 3.05) is 13.1 Å². The highest BCUT2D eigenvalue weighted by Gasteiger charge is 2.11. The van der Waals surface area contributed by atoms with Crippen molar-refractivity contribution in [2.45, 2.75) is 52.1 Å². The standard InChI is InChI=1S/C20H30N4O/c1-3-5-14-22-19(25)17-12-10-16(11-13-17)15-23-20(21-4-2)24-18-8-6-7-9-18/h6-7,10-13,18H,3-5,8-9,14-15H2,1-2H3,(H,22,25)(H2,21,23,24). The van der Waals surface area contributed by atoms with Gasteiger partial charge in [-0.3, -0.25) is 4.79 Å². The lowest BCUT2D eigenvalue weighted by Gasteiger charge is -2.16. The van der Waals surface area contributed by atoms with Crippen LogP contribution in [0.15, 0.2) is 41.4 Å². The van der Waals surface area contributed by atoms with Gasteiger partial charge in [0.05, 0.1) is 6.54 Å². The Kier molecular flexibility index (Phi) is 8.02. The lowest BCUT2D eigenvalue weighted by Crippen LogP contribution is -2.42.